The van der Waals surface area contributed by atoms with Crippen molar-refractivity contribution < 1.29 is 29.0 Å². The summed E-state index contributed by atoms with van der Waals surface area (Å²) in [4.78, 5) is 32.3. The van der Waals surface area contributed by atoms with Gasteiger partial charge in [0.15, 0.2) is 0 Å². The number of allylic oxidation sites excluding steroid dienone is 1. The molecule has 0 saturated carbocycles. The number of unbranched alkanes of at least 4 members (excludes halogenated alkanes) is 1. The van der Waals surface area contributed by atoms with Crippen molar-refractivity contribution in [3.63, 3.8) is 0 Å². The molecule has 0 bridgehead atoms. The highest BCUT2D eigenvalue weighted by Gasteiger charge is 2.16. The number of rotatable bonds is 8. The van der Waals surface area contributed by atoms with Gasteiger partial charge >= 0.3 is 17.9 Å². The number of methoxy groups -OCH3 is 1. The zero-order valence-corrected chi connectivity index (χ0v) is 14.3. The molecule has 0 aliphatic carbocycles. The summed E-state index contributed by atoms with van der Waals surface area (Å²) in [6.07, 6.45) is 3.79. The molecule has 0 atom stereocenters. The van der Waals surface area contributed by atoms with Crippen molar-refractivity contribution >= 4 is 17.9 Å². The van der Waals surface area contributed by atoms with E-state index in [0.717, 1.165) is 18.9 Å². The molecule has 0 aromatic rings. The first-order valence-electron chi connectivity index (χ1n) is 7.28. The van der Waals surface area contributed by atoms with Gasteiger partial charge < -0.3 is 14.6 Å². The monoisotopic (exact) mass is 326 g/mol. The minimum atomic E-state index is -0.981. The Morgan fingerprint density at radius 3 is 2.04 bits per heavy atom. The Labute approximate surface area is 137 Å². The second-order valence-electron chi connectivity index (χ2n) is 4.53. The van der Waals surface area contributed by atoms with E-state index in [4.69, 9.17) is 9.84 Å². The molecule has 0 heterocycles. The molecule has 130 valence electrons. The van der Waals surface area contributed by atoms with Crippen LogP contribution in [0.25, 0.3) is 0 Å². The highest BCUT2D eigenvalue weighted by Crippen LogP contribution is 2.15. The Kier molecular flexibility index (Phi) is 13.2. The number of carboxylic acid groups (broad SMARTS) is 1. The van der Waals surface area contributed by atoms with Crippen molar-refractivity contribution in [1.29, 1.82) is 0 Å². The van der Waals surface area contributed by atoms with Crippen LogP contribution in [0.2, 0.25) is 0 Å². The van der Waals surface area contributed by atoms with Gasteiger partial charge in [-0.15, -0.1) is 0 Å². The van der Waals surface area contributed by atoms with Crippen molar-refractivity contribution in [3.05, 3.63) is 36.1 Å². The van der Waals surface area contributed by atoms with Gasteiger partial charge in [0, 0.05) is 18.1 Å². The normalized spacial score (nSPS) is 10.4. The summed E-state index contributed by atoms with van der Waals surface area (Å²) in [5.41, 5.74) is 0.747. The van der Waals surface area contributed by atoms with Crippen LogP contribution >= 0.6 is 0 Å². The molecule has 0 amide bonds. The van der Waals surface area contributed by atoms with Crippen LogP contribution in [0.1, 0.15) is 46.5 Å². The first-order valence-corrected chi connectivity index (χ1v) is 7.28. The zero-order valence-electron chi connectivity index (χ0n) is 14.3. The molecule has 0 aromatic carbocycles. The molecule has 0 rings (SSSR count). The number of hydrogen-bond donors (Lipinski definition) is 1. The van der Waals surface area contributed by atoms with Gasteiger partial charge in [-0.3, -0.25) is 0 Å². The van der Waals surface area contributed by atoms with E-state index in [9.17, 15) is 14.4 Å². The minimum Gasteiger partial charge on any atom is -0.478 e. The summed E-state index contributed by atoms with van der Waals surface area (Å²) < 4.78 is 9.77. The molecule has 6 heteroatoms. The predicted molar refractivity (Wildman–Crippen MR) is 87.6 cm³/mol. The maximum Gasteiger partial charge on any atom is 0.338 e. The Morgan fingerprint density at radius 1 is 1.17 bits per heavy atom. The van der Waals surface area contributed by atoms with Crippen LogP contribution in [-0.2, 0) is 23.9 Å². The number of ether oxygens (including phenoxy) is 2. The van der Waals surface area contributed by atoms with Crippen LogP contribution in [0.4, 0.5) is 0 Å². The summed E-state index contributed by atoms with van der Waals surface area (Å²) in [6.45, 7) is 12.1. The van der Waals surface area contributed by atoms with Gasteiger partial charge in [0.1, 0.15) is 5.76 Å². The molecule has 0 saturated heterocycles. The minimum absolute atomic E-state index is 0.316. The zero-order chi connectivity index (χ0) is 18.4. The molecule has 0 aromatic heterocycles. The molecule has 0 spiro atoms. The lowest BCUT2D eigenvalue weighted by Crippen LogP contribution is -2.12. The van der Waals surface area contributed by atoms with Crippen molar-refractivity contribution in [2.75, 3.05) is 7.11 Å². The number of carbonyl (C=O) groups excluding carboxylic acids is 2. The van der Waals surface area contributed by atoms with Crippen LogP contribution in [0.5, 0.6) is 0 Å². The number of hydrogen-bond acceptors (Lipinski definition) is 5. The lowest BCUT2D eigenvalue weighted by molar-refractivity contribution is -0.137. The number of aliphatic carboxylic acids is 1. The quantitative estimate of drug-likeness (QED) is 0.418. The van der Waals surface area contributed by atoms with E-state index in [2.05, 4.69) is 17.9 Å². The Hall–Kier alpha value is -2.37. The first kappa shape index (κ1) is 22.9. The third kappa shape index (κ3) is 10.9. The highest BCUT2D eigenvalue weighted by atomic mass is 16.5. The second-order valence-corrected chi connectivity index (χ2v) is 4.53. The van der Waals surface area contributed by atoms with E-state index in [0.29, 0.717) is 29.7 Å². The summed E-state index contributed by atoms with van der Waals surface area (Å²) in [7, 11) is 1.29. The number of carbonyl (C=O) groups is 3. The van der Waals surface area contributed by atoms with E-state index >= 15 is 0 Å². The lowest BCUT2D eigenvalue weighted by Gasteiger charge is -2.11. The van der Waals surface area contributed by atoms with Crippen LogP contribution in [0, 0.1) is 0 Å². The van der Waals surface area contributed by atoms with Crippen molar-refractivity contribution in [1.82, 2.24) is 0 Å². The van der Waals surface area contributed by atoms with Gasteiger partial charge in [-0.1, -0.05) is 33.4 Å². The smallest absolute Gasteiger partial charge is 0.338 e. The molecule has 0 aliphatic rings. The fraction of sp³-hybridized carbons (Fsp3) is 0.471. The van der Waals surface area contributed by atoms with Gasteiger partial charge in [0.2, 0.25) is 0 Å². The molecule has 0 fully saturated rings. The fourth-order valence-electron chi connectivity index (χ4n) is 1.36. The summed E-state index contributed by atoms with van der Waals surface area (Å²) in [6, 6.07) is 0. The Morgan fingerprint density at radius 2 is 1.70 bits per heavy atom. The van der Waals surface area contributed by atoms with Gasteiger partial charge in [-0.2, -0.15) is 0 Å². The van der Waals surface area contributed by atoms with E-state index < -0.39 is 17.9 Å². The van der Waals surface area contributed by atoms with Gasteiger partial charge in [0.25, 0.3) is 0 Å². The standard InChI is InChI=1S/C14H22O4.C3H4O2/c1-6-8-9-10(3)13(15)18-12(7-2)11(4)14(16)17-5;1-2-3(4)5/h3,6-9H2,1-2,4-5H3;2H,1H2,(H,4,5). The molecule has 1 N–H and O–H groups in total. The number of esters is 2. The molecular weight excluding hydrogens is 300 g/mol. The lowest BCUT2D eigenvalue weighted by atomic mass is 10.1. The maximum absolute atomic E-state index is 11.7. The molecular formula is C17H26O6. The molecule has 6 nitrogen and oxygen atoms in total. The molecule has 0 radical (unpaired) electrons. The average molecular weight is 326 g/mol. The van der Waals surface area contributed by atoms with Crippen LogP contribution in [0.15, 0.2) is 36.1 Å². The average Bonchev–Trinajstić information content (AvgIpc) is 2.56. The molecule has 0 aliphatic heterocycles. The highest BCUT2D eigenvalue weighted by molar-refractivity contribution is 5.91. The topological polar surface area (TPSA) is 89.9 Å². The third-order valence-electron chi connectivity index (χ3n) is 2.74. The van der Waals surface area contributed by atoms with Crippen molar-refractivity contribution in [2.24, 2.45) is 0 Å². The van der Waals surface area contributed by atoms with E-state index in [1.807, 2.05) is 13.8 Å². The molecule has 0 unspecified atom stereocenters. The van der Waals surface area contributed by atoms with E-state index in [-0.39, 0.29) is 0 Å². The summed E-state index contributed by atoms with van der Waals surface area (Å²) in [5.74, 6) is -1.60. The summed E-state index contributed by atoms with van der Waals surface area (Å²) in [5, 5.41) is 7.60. The number of carboxylic acids is 1. The van der Waals surface area contributed by atoms with Gasteiger partial charge in [0.05, 0.1) is 12.7 Å². The molecule has 23 heavy (non-hydrogen) atoms. The van der Waals surface area contributed by atoms with E-state index in [1.165, 1.54) is 7.11 Å². The van der Waals surface area contributed by atoms with E-state index in [1.54, 1.807) is 6.92 Å². The van der Waals surface area contributed by atoms with Crippen LogP contribution in [-0.4, -0.2) is 30.1 Å². The van der Waals surface area contributed by atoms with Gasteiger partial charge in [-0.05, 0) is 19.8 Å². The Bertz CT molecular complexity index is 473. The van der Waals surface area contributed by atoms with Crippen molar-refractivity contribution in [2.45, 2.75) is 46.5 Å². The fourth-order valence-corrected chi connectivity index (χ4v) is 1.36. The maximum atomic E-state index is 11.7. The first-order chi connectivity index (χ1) is 10.7. The van der Waals surface area contributed by atoms with Crippen molar-refractivity contribution in [3.8, 4) is 0 Å². The van der Waals surface area contributed by atoms with Crippen LogP contribution < -0.4 is 0 Å². The third-order valence-corrected chi connectivity index (χ3v) is 2.74. The second kappa shape index (κ2) is 13.3. The SMILES string of the molecule is C=C(CCCC)C(=O)OC(CC)=C(C)C(=O)OC.C=CC(=O)O. The summed E-state index contributed by atoms with van der Waals surface area (Å²) >= 11 is 0. The predicted octanol–water partition coefficient (Wildman–Crippen LogP) is 3.39. The largest absolute Gasteiger partial charge is 0.478 e. The Balaban J connectivity index is 0. The van der Waals surface area contributed by atoms with Gasteiger partial charge in [-0.25, -0.2) is 14.4 Å². The van der Waals surface area contributed by atoms with Crippen LogP contribution in [0.3, 0.4) is 0 Å².